The van der Waals surface area contributed by atoms with Crippen molar-refractivity contribution in [2.24, 2.45) is 0 Å². The van der Waals surface area contributed by atoms with Crippen molar-refractivity contribution in [1.29, 1.82) is 5.26 Å². The molecule has 0 saturated carbocycles. The fourth-order valence-electron chi connectivity index (χ4n) is 2.49. The van der Waals surface area contributed by atoms with E-state index in [1.165, 1.54) is 0 Å². The lowest BCUT2D eigenvalue weighted by Crippen LogP contribution is -1.96. The van der Waals surface area contributed by atoms with Crippen molar-refractivity contribution in [1.82, 2.24) is 9.97 Å². The Balaban J connectivity index is 2.00. The van der Waals surface area contributed by atoms with Crippen LogP contribution in [0.2, 0.25) is 0 Å². The summed E-state index contributed by atoms with van der Waals surface area (Å²) < 4.78 is 0. The van der Waals surface area contributed by atoms with Crippen LogP contribution >= 0.6 is 0 Å². The van der Waals surface area contributed by atoms with Crippen molar-refractivity contribution in [2.75, 3.05) is 0 Å². The van der Waals surface area contributed by atoms with E-state index in [1.54, 1.807) is 12.3 Å². The highest BCUT2D eigenvalue weighted by Crippen LogP contribution is 2.23. The molecule has 1 aromatic carbocycles. The summed E-state index contributed by atoms with van der Waals surface area (Å²) in [6.07, 6.45) is 2.48. The SMILES string of the molecule is C=C(Cc1ccnc2ccc(C#N)cc12)c1cccc(C)n1. The zero-order valence-corrected chi connectivity index (χ0v) is 12.4. The van der Waals surface area contributed by atoms with E-state index in [2.05, 4.69) is 22.6 Å². The summed E-state index contributed by atoms with van der Waals surface area (Å²) in [5.74, 6) is 0. The molecular formula is C19H15N3. The Morgan fingerprint density at radius 2 is 2.09 bits per heavy atom. The summed E-state index contributed by atoms with van der Waals surface area (Å²) >= 11 is 0. The van der Waals surface area contributed by atoms with Crippen LogP contribution in [0.1, 0.15) is 22.5 Å². The van der Waals surface area contributed by atoms with Gasteiger partial charge in [-0.2, -0.15) is 5.26 Å². The van der Waals surface area contributed by atoms with Gasteiger partial charge in [0.2, 0.25) is 0 Å². The van der Waals surface area contributed by atoms with Crippen molar-refractivity contribution < 1.29 is 0 Å². The third kappa shape index (κ3) is 2.72. The lowest BCUT2D eigenvalue weighted by atomic mass is 9.99. The molecule has 0 aliphatic rings. The molecule has 0 bridgehead atoms. The number of hydrogen-bond donors (Lipinski definition) is 0. The molecule has 0 amide bonds. The minimum atomic E-state index is 0.640. The van der Waals surface area contributed by atoms with E-state index in [0.29, 0.717) is 12.0 Å². The number of allylic oxidation sites excluding steroid dienone is 1. The molecule has 0 saturated heterocycles. The summed E-state index contributed by atoms with van der Waals surface area (Å²) in [4.78, 5) is 8.87. The zero-order chi connectivity index (χ0) is 15.5. The van der Waals surface area contributed by atoms with E-state index < -0.39 is 0 Å². The van der Waals surface area contributed by atoms with Crippen molar-refractivity contribution in [3.05, 3.63) is 77.8 Å². The fourth-order valence-corrected chi connectivity index (χ4v) is 2.49. The molecule has 0 unspecified atom stereocenters. The molecule has 3 nitrogen and oxygen atoms in total. The molecule has 3 aromatic rings. The van der Waals surface area contributed by atoms with E-state index in [4.69, 9.17) is 5.26 Å². The van der Waals surface area contributed by atoms with Crippen molar-refractivity contribution in [2.45, 2.75) is 13.3 Å². The van der Waals surface area contributed by atoms with Crippen molar-refractivity contribution in [3.63, 3.8) is 0 Å². The van der Waals surface area contributed by atoms with Gasteiger partial charge >= 0.3 is 0 Å². The average molecular weight is 285 g/mol. The second-order valence-corrected chi connectivity index (χ2v) is 5.26. The number of aryl methyl sites for hydroxylation is 1. The maximum Gasteiger partial charge on any atom is 0.0991 e. The molecule has 0 aliphatic heterocycles. The minimum Gasteiger partial charge on any atom is -0.256 e. The molecule has 2 heterocycles. The number of hydrogen-bond acceptors (Lipinski definition) is 3. The van der Waals surface area contributed by atoms with Crippen LogP contribution in [-0.4, -0.2) is 9.97 Å². The molecule has 0 radical (unpaired) electrons. The topological polar surface area (TPSA) is 49.6 Å². The maximum atomic E-state index is 9.08. The first-order valence-electron chi connectivity index (χ1n) is 7.07. The van der Waals surface area contributed by atoms with Crippen molar-refractivity contribution >= 4 is 16.5 Å². The van der Waals surface area contributed by atoms with Gasteiger partial charge in [0.15, 0.2) is 0 Å². The van der Waals surface area contributed by atoms with Crippen LogP contribution in [0.3, 0.4) is 0 Å². The van der Waals surface area contributed by atoms with Gasteiger partial charge in [-0.3, -0.25) is 9.97 Å². The lowest BCUT2D eigenvalue weighted by molar-refractivity contribution is 1.14. The molecule has 0 aliphatic carbocycles. The maximum absolute atomic E-state index is 9.08. The number of nitrogens with zero attached hydrogens (tertiary/aromatic N) is 3. The first-order valence-corrected chi connectivity index (χ1v) is 7.07. The minimum absolute atomic E-state index is 0.640. The van der Waals surface area contributed by atoms with Crippen LogP contribution in [0.5, 0.6) is 0 Å². The van der Waals surface area contributed by atoms with E-state index in [9.17, 15) is 0 Å². The van der Waals surface area contributed by atoms with E-state index >= 15 is 0 Å². The van der Waals surface area contributed by atoms with Crippen LogP contribution in [0.25, 0.3) is 16.5 Å². The summed E-state index contributed by atoms with van der Waals surface area (Å²) in [6.45, 7) is 6.13. The van der Waals surface area contributed by atoms with E-state index in [-0.39, 0.29) is 0 Å². The number of aromatic nitrogens is 2. The number of benzene rings is 1. The third-order valence-corrected chi connectivity index (χ3v) is 3.62. The quantitative estimate of drug-likeness (QED) is 0.729. The Bertz CT molecular complexity index is 904. The molecule has 0 N–H and O–H groups in total. The van der Waals surface area contributed by atoms with Gasteiger partial charge < -0.3 is 0 Å². The highest BCUT2D eigenvalue weighted by Gasteiger charge is 2.07. The Kier molecular flexibility index (Phi) is 3.67. The number of fused-ring (bicyclic) bond motifs is 1. The Hall–Kier alpha value is -2.99. The van der Waals surface area contributed by atoms with Gasteiger partial charge in [-0.15, -0.1) is 0 Å². The van der Waals surface area contributed by atoms with E-state index in [1.807, 2.05) is 43.3 Å². The highest BCUT2D eigenvalue weighted by molar-refractivity contribution is 5.85. The molecule has 3 heteroatoms. The van der Waals surface area contributed by atoms with Crippen LogP contribution in [0, 0.1) is 18.3 Å². The summed E-state index contributed by atoms with van der Waals surface area (Å²) in [5.41, 5.74) is 5.47. The monoisotopic (exact) mass is 285 g/mol. The normalized spacial score (nSPS) is 10.4. The first kappa shape index (κ1) is 14.0. The van der Waals surface area contributed by atoms with Gasteiger partial charge in [-0.05, 0) is 60.9 Å². The van der Waals surface area contributed by atoms with Gasteiger partial charge in [0.05, 0.1) is 22.8 Å². The van der Waals surface area contributed by atoms with E-state index in [0.717, 1.165) is 33.4 Å². The van der Waals surface area contributed by atoms with Crippen LogP contribution in [0.4, 0.5) is 0 Å². The van der Waals surface area contributed by atoms with Crippen LogP contribution in [-0.2, 0) is 6.42 Å². The molecule has 22 heavy (non-hydrogen) atoms. The van der Waals surface area contributed by atoms with Gasteiger partial charge in [0, 0.05) is 17.3 Å². The summed E-state index contributed by atoms with van der Waals surface area (Å²) in [7, 11) is 0. The number of rotatable bonds is 3. The van der Waals surface area contributed by atoms with Crippen LogP contribution in [0.15, 0.2) is 55.2 Å². The van der Waals surface area contributed by atoms with Crippen LogP contribution < -0.4 is 0 Å². The van der Waals surface area contributed by atoms with Crippen molar-refractivity contribution in [3.8, 4) is 6.07 Å². The average Bonchev–Trinajstić information content (AvgIpc) is 2.54. The Morgan fingerprint density at radius 3 is 2.86 bits per heavy atom. The van der Waals surface area contributed by atoms with Gasteiger partial charge in [-0.25, -0.2) is 0 Å². The Labute approximate surface area is 129 Å². The number of pyridine rings is 2. The summed E-state index contributed by atoms with van der Waals surface area (Å²) in [5, 5.41) is 10.1. The molecule has 3 rings (SSSR count). The molecule has 0 spiro atoms. The molecule has 0 fully saturated rings. The predicted octanol–water partition coefficient (Wildman–Crippen LogP) is 4.07. The smallest absolute Gasteiger partial charge is 0.0991 e. The van der Waals surface area contributed by atoms with Gasteiger partial charge in [-0.1, -0.05) is 12.6 Å². The number of nitriles is 1. The van der Waals surface area contributed by atoms with Gasteiger partial charge in [0.25, 0.3) is 0 Å². The van der Waals surface area contributed by atoms with Gasteiger partial charge in [0.1, 0.15) is 0 Å². The molecule has 106 valence electrons. The third-order valence-electron chi connectivity index (χ3n) is 3.62. The largest absolute Gasteiger partial charge is 0.256 e. The molecule has 2 aromatic heterocycles. The lowest BCUT2D eigenvalue weighted by Gasteiger charge is -2.09. The fraction of sp³-hybridized carbons (Fsp3) is 0.105. The molecular weight excluding hydrogens is 270 g/mol. The standard InChI is InChI=1S/C19H15N3/c1-13(18-5-3-4-14(2)22-18)10-16-8-9-21-19-7-6-15(12-20)11-17(16)19/h3-9,11H,1,10H2,2H3. The second kappa shape index (κ2) is 5.79. The first-order chi connectivity index (χ1) is 10.7. The zero-order valence-electron chi connectivity index (χ0n) is 12.4. The Morgan fingerprint density at radius 1 is 1.23 bits per heavy atom. The molecule has 0 atom stereocenters. The summed E-state index contributed by atoms with van der Waals surface area (Å²) in [6, 6.07) is 15.6. The second-order valence-electron chi connectivity index (χ2n) is 5.26. The predicted molar refractivity (Wildman–Crippen MR) is 88.2 cm³/mol. The highest BCUT2D eigenvalue weighted by atomic mass is 14.7.